The van der Waals surface area contributed by atoms with Crippen LogP contribution in [0.1, 0.15) is 28.8 Å². The summed E-state index contributed by atoms with van der Waals surface area (Å²) in [5.41, 5.74) is 1.70. The highest BCUT2D eigenvalue weighted by Crippen LogP contribution is 2.15. The average molecular weight is 317 g/mol. The topological polar surface area (TPSA) is 41.3 Å². The summed E-state index contributed by atoms with van der Waals surface area (Å²) >= 11 is 0. The van der Waals surface area contributed by atoms with Crippen molar-refractivity contribution in [2.45, 2.75) is 19.4 Å². The van der Waals surface area contributed by atoms with Gasteiger partial charge in [-0.1, -0.05) is 18.2 Å². The van der Waals surface area contributed by atoms with E-state index < -0.39 is 0 Å². The first kappa shape index (κ1) is 16.2. The summed E-state index contributed by atoms with van der Waals surface area (Å²) in [6.45, 7) is 1.30. The van der Waals surface area contributed by atoms with Crippen molar-refractivity contribution >= 4 is 11.8 Å². The predicted molar refractivity (Wildman–Crippen MR) is 77.5 cm³/mol. The summed E-state index contributed by atoms with van der Waals surface area (Å²) in [5.74, 6) is -0.250. The van der Waals surface area contributed by atoms with Gasteiger partial charge in [0.15, 0.2) is 18.9 Å². The molecule has 0 radical (unpaired) electrons. The molecule has 1 aliphatic heterocycles. The van der Waals surface area contributed by atoms with Gasteiger partial charge in [-0.2, -0.15) is 0 Å². The Morgan fingerprint density at radius 1 is 1.09 bits per heavy atom. The second kappa shape index (κ2) is 7.18. The molecule has 2 aromatic rings. The molecule has 5 heteroatoms. The van der Waals surface area contributed by atoms with Gasteiger partial charge in [-0.3, -0.25) is 14.5 Å². The highest BCUT2D eigenvalue weighted by Gasteiger charge is 2.27. The Bertz CT molecular complexity index is 656. The van der Waals surface area contributed by atoms with E-state index in [1.807, 2.05) is 42.7 Å². The highest BCUT2D eigenvalue weighted by molar-refractivity contribution is 6.05. The number of aromatic nitrogens is 1. The van der Waals surface area contributed by atoms with E-state index in [4.69, 9.17) is 0 Å². The molecular formula is C17H17ClN2O2. The number of hydrogen-bond donors (Lipinski definition) is 0. The van der Waals surface area contributed by atoms with Crippen molar-refractivity contribution in [2.75, 3.05) is 6.54 Å². The molecule has 22 heavy (non-hydrogen) atoms. The molecule has 0 N–H and O–H groups in total. The molecule has 0 bridgehead atoms. The molecule has 0 unspecified atom stereocenters. The molecule has 114 valence electrons. The Morgan fingerprint density at radius 2 is 1.77 bits per heavy atom. The van der Waals surface area contributed by atoms with E-state index in [0.29, 0.717) is 18.5 Å². The largest absolute Gasteiger partial charge is 1.00 e. The average Bonchev–Trinajstić information content (AvgIpc) is 2.94. The number of carbonyl (C=O) groups is 2. The summed E-state index contributed by atoms with van der Waals surface area (Å²) in [5, 5.41) is 0. The van der Waals surface area contributed by atoms with Crippen molar-refractivity contribution in [3.8, 4) is 0 Å². The van der Waals surface area contributed by atoms with Crippen molar-refractivity contribution in [3.05, 3.63) is 66.0 Å². The highest BCUT2D eigenvalue weighted by atomic mass is 35.5. The van der Waals surface area contributed by atoms with Crippen molar-refractivity contribution in [1.29, 1.82) is 0 Å². The molecule has 1 fully saturated rings. The Balaban J connectivity index is 0.00000176. The van der Waals surface area contributed by atoms with Crippen LogP contribution in [0.2, 0.25) is 0 Å². The van der Waals surface area contributed by atoms with Gasteiger partial charge in [0.05, 0.1) is 0 Å². The number of imide groups is 1. The summed E-state index contributed by atoms with van der Waals surface area (Å²) in [6.07, 6.45) is 5.26. The standard InChI is InChI=1S/C17H17N2O2.ClH/c20-16-5-4-12-19(16)17(21)15-8-6-14(7-9-15)13-18-10-2-1-3-11-18;/h1-3,6-11H,4-5,12-13H2;1H/q+1;/p-1. The SMILES string of the molecule is O=C1CCCN1C(=O)c1ccc(C[n+]2ccccc2)cc1.[Cl-]. The normalized spacial score (nSPS) is 13.8. The first-order valence-corrected chi connectivity index (χ1v) is 7.12. The van der Waals surface area contributed by atoms with E-state index >= 15 is 0 Å². The Hall–Kier alpha value is -2.20. The summed E-state index contributed by atoms with van der Waals surface area (Å²) in [6, 6.07) is 13.4. The fourth-order valence-corrected chi connectivity index (χ4v) is 2.52. The number of halogens is 1. The van der Waals surface area contributed by atoms with Crippen LogP contribution >= 0.6 is 0 Å². The lowest BCUT2D eigenvalue weighted by molar-refractivity contribution is -0.688. The molecule has 2 amide bonds. The van der Waals surface area contributed by atoms with Crippen LogP contribution in [0.15, 0.2) is 54.9 Å². The number of benzene rings is 1. The molecule has 0 saturated carbocycles. The smallest absolute Gasteiger partial charge is 0.260 e. The van der Waals surface area contributed by atoms with Crippen LogP contribution in [0.25, 0.3) is 0 Å². The minimum absolute atomic E-state index is 0. The van der Waals surface area contributed by atoms with Crippen LogP contribution in [-0.4, -0.2) is 23.3 Å². The molecule has 3 rings (SSSR count). The van der Waals surface area contributed by atoms with Gasteiger partial charge in [0.25, 0.3) is 5.91 Å². The third-order valence-electron chi connectivity index (χ3n) is 3.66. The third-order valence-corrected chi connectivity index (χ3v) is 3.66. The van der Waals surface area contributed by atoms with E-state index in [-0.39, 0.29) is 24.2 Å². The van der Waals surface area contributed by atoms with Gasteiger partial charge in [0, 0.05) is 36.2 Å². The number of nitrogens with zero attached hydrogens (tertiary/aromatic N) is 2. The van der Waals surface area contributed by atoms with Crippen molar-refractivity contribution < 1.29 is 26.6 Å². The fourth-order valence-electron chi connectivity index (χ4n) is 2.52. The maximum atomic E-state index is 12.2. The van der Waals surface area contributed by atoms with Gasteiger partial charge in [-0.25, -0.2) is 4.57 Å². The fraction of sp³-hybridized carbons (Fsp3) is 0.235. The van der Waals surface area contributed by atoms with E-state index in [1.165, 1.54) is 4.90 Å². The van der Waals surface area contributed by atoms with Crippen LogP contribution in [0, 0.1) is 0 Å². The number of likely N-dealkylation sites (tertiary alicyclic amines) is 1. The van der Waals surface area contributed by atoms with E-state index in [1.54, 1.807) is 12.1 Å². The zero-order chi connectivity index (χ0) is 14.7. The van der Waals surface area contributed by atoms with E-state index in [9.17, 15) is 9.59 Å². The maximum Gasteiger partial charge on any atom is 0.260 e. The van der Waals surface area contributed by atoms with E-state index in [0.717, 1.165) is 18.5 Å². The third kappa shape index (κ3) is 3.52. The second-order valence-corrected chi connectivity index (χ2v) is 5.20. The molecule has 1 saturated heterocycles. The summed E-state index contributed by atoms with van der Waals surface area (Å²) < 4.78 is 2.07. The molecule has 1 aromatic heterocycles. The summed E-state index contributed by atoms with van der Waals surface area (Å²) in [4.78, 5) is 25.2. The number of rotatable bonds is 3. The van der Waals surface area contributed by atoms with Crippen molar-refractivity contribution in [3.63, 3.8) is 0 Å². The van der Waals surface area contributed by atoms with Crippen LogP contribution in [-0.2, 0) is 11.3 Å². The van der Waals surface area contributed by atoms with Gasteiger partial charge in [0.1, 0.15) is 0 Å². The lowest BCUT2D eigenvalue weighted by Gasteiger charge is -2.13. The first-order chi connectivity index (χ1) is 10.2. The quantitative estimate of drug-likeness (QED) is 0.527. The molecule has 1 aliphatic rings. The minimum Gasteiger partial charge on any atom is -1.00 e. The number of pyridine rings is 1. The molecule has 0 atom stereocenters. The van der Waals surface area contributed by atoms with Gasteiger partial charge in [0.2, 0.25) is 5.91 Å². The molecule has 4 nitrogen and oxygen atoms in total. The van der Waals surface area contributed by atoms with Crippen LogP contribution in [0.4, 0.5) is 0 Å². The number of amides is 2. The number of hydrogen-bond acceptors (Lipinski definition) is 2. The van der Waals surface area contributed by atoms with E-state index in [2.05, 4.69) is 4.57 Å². The zero-order valence-corrected chi connectivity index (χ0v) is 12.9. The first-order valence-electron chi connectivity index (χ1n) is 7.12. The molecule has 0 aliphatic carbocycles. The molecule has 1 aromatic carbocycles. The lowest BCUT2D eigenvalue weighted by Crippen LogP contribution is -3.00. The second-order valence-electron chi connectivity index (χ2n) is 5.20. The van der Waals surface area contributed by atoms with Crippen LogP contribution in [0.5, 0.6) is 0 Å². The Kier molecular flexibility index (Phi) is 5.28. The Labute approximate surface area is 135 Å². The van der Waals surface area contributed by atoms with Gasteiger partial charge >= 0.3 is 0 Å². The van der Waals surface area contributed by atoms with Crippen molar-refractivity contribution in [1.82, 2.24) is 4.90 Å². The van der Waals surface area contributed by atoms with Gasteiger partial charge in [-0.05, 0) is 18.6 Å². The monoisotopic (exact) mass is 316 g/mol. The summed E-state index contributed by atoms with van der Waals surface area (Å²) in [7, 11) is 0. The maximum absolute atomic E-state index is 12.2. The molecule has 2 heterocycles. The van der Waals surface area contributed by atoms with Crippen LogP contribution in [0.3, 0.4) is 0 Å². The molecule has 0 spiro atoms. The lowest BCUT2D eigenvalue weighted by atomic mass is 10.1. The zero-order valence-electron chi connectivity index (χ0n) is 12.1. The molecular weight excluding hydrogens is 300 g/mol. The van der Waals surface area contributed by atoms with Gasteiger partial charge < -0.3 is 12.4 Å². The number of carbonyl (C=O) groups excluding carboxylic acids is 2. The predicted octanol–water partition coefficient (Wildman–Crippen LogP) is -1.21. The van der Waals surface area contributed by atoms with Gasteiger partial charge in [-0.15, -0.1) is 0 Å². The van der Waals surface area contributed by atoms with Crippen LogP contribution < -0.4 is 17.0 Å². The van der Waals surface area contributed by atoms with Crippen molar-refractivity contribution in [2.24, 2.45) is 0 Å². The minimum atomic E-state index is -0.184. The Morgan fingerprint density at radius 3 is 2.36 bits per heavy atom.